The summed E-state index contributed by atoms with van der Waals surface area (Å²) in [5.41, 5.74) is 2.58. The van der Waals surface area contributed by atoms with Crippen molar-refractivity contribution >= 4 is 17.2 Å². The summed E-state index contributed by atoms with van der Waals surface area (Å²) < 4.78 is 0. The maximum Gasteiger partial charge on any atom is 0.109 e. The quantitative estimate of drug-likeness (QED) is 0.720. The number of thiocarbonyl (C=S) groups is 1. The Hall–Kier alpha value is -0.890. The van der Waals surface area contributed by atoms with Crippen molar-refractivity contribution in [1.82, 2.24) is 4.90 Å². The van der Waals surface area contributed by atoms with Crippen LogP contribution in [-0.4, -0.2) is 23.0 Å². The van der Waals surface area contributed by atoms with Crippen LogP contribution in [0.25, 0.3) is 0 Å². The zero-order valence-corrected chi connectivity index (χ0v) is 10.7. The van der Waals surface area contributed by atoms with E-state index < -0.39 is 0 Å². The Morgan fingerprint density at radius 2 is 1.75 bits per heavy atom. The van der Waals surface area contributed by atoms with Crippen molar-refractivity contribution in [3.63, 3.8) is 0 Å². The molecule has 0 saturated carbocycles. The van der Waals surface area contributed by atoms with Crippen LogP contribution in [0.5, 0.6) is 0 Å². The lowest BCUT2D eigenvalue weighted by atomic mass is 10.1. The summed E-state index contributed by atoms with van der Waals surface area (Å²) in [4.78, 5) is 3.38. The molecule has 1 aromatic carbocycles. The fraction of sp³-hybridized carbons (Fsp3) is 0.500. The van der Waals surface area contributed by atoms with Gasteiger partial charge in [0.25, 0.3) is 0 Å². The van der Waals surface area contributed by atoms with E-state index in [2.05, 4.69) is 36.1 Å². The van der Waals surface area contributed by atoms with Gasteiger partial charge in [0.05, 0.1) is 0 Å². The third kappa shape index (κ3) is 2.62. The summed E-state index contributed by atoms with van der Waals surface area (Å²) in [6.45, 7) is 4.45. The van der Waals surface area contributed by atoms with Gasteiger partial charge >= 0.3 is 0 Å². The summed E-state index contributed by atoms with van der Waals surface area (Å²) in [5, 5.41) is 0. The van der Waals surface area contributed by atoms with E-state index in [9.17, 15) is 0 Å². The number of hydrogen-bond donors (Lipinski definition) is 0. The lowest BCUT2D eigenvalue weighted by molar-refractivity contribution is 0.347. The minimum atomic E-state index is 1.03. The Morgan fingerprint density at radius 3 is 2.31 bits per heavy atom. The molecule has 1 fully saturated rings. The van der Waals surface area contributed by atoms with E-state index in [-0.39, 0.29) is 0 Å². The van der Waals surface area contributed by atoms with Gasteiger partial charge in [0.1, 0.15) is 4.99 Å². The van der Waals surface area contributed by atoms with Gasteiger partial charge in [0.15, 0.2) is 0 Å². The van der Waals surface area contributed by atoms with E-state index in [1.165, 1.54) is 30.4 Å². The molecular weight excluding hydrogens is 214 g/mol. The first-order valence-electron chi connectivity index (χ1n) is 6.19. The number of hydrogen-bond acceptors (Lipinski definition) is 1. The van der Waals surface area contributed by atoms with Crippen LogP contribution in [0, 0.1) is 0 Å². The summed E-state index contributed by atoms with van der Waals surface area (Å²) in [5.74, 6) is 0. The van der Waals surface area contributed by atoms with Crippen LogP contribution >= 0.6 is 12.2 Å². The number of rotatable bonds is 2. The normalized spacial score (nSPS) is 16.2. The zero-order chi connectivity index (χ0) is 11.4. The summed E-state index contributed by atoms with van der Waals surface area (Å²) in [7, 11) is 0. The van der Waals surface area contributed by atoms with Crippen LogP contribution in [0.4, 0.5) is 0 Å². The van der Waals surface area contributed by atoms with Crippen LogP contribution in [0.15, 0.2) is 24.3 Å². The van der Waals surface area contributed by atoms with E-state index >= 15 is 0 Å². The number of likely N-dealkylation sites (tertiary alicyclic amines) is 1. The van der Waals surface area contributed by atoms with Crippen molar-refractivity contribution in [2.45, 2.75) is 32.6 Å². The van der Waals surface area contributed by atoms with Gasteiger partial charge in [0.2, 0.25) is 0 Å². The zero-order valence-electron chi connectivity index (χ0n) is 9.91. The molecule has 1 aliphatic rings. The predicted molar refractivity (Wildman–Crippen MR) is 72.9 cm³/mol. The molecule has 0 amide bonds. The molecule has 0 atom stereocenters. The topological polar surface area (TPSA) is 3.24 Å². The van der Waals surface area contributed by atoms with Crippen LogP contribution in [0.1, 0.15) is 37.3 Å². The molecule has 0 spiro atoms. The molecule has 16 heavy (non-hydrogen) atoms. The van der Waals surface area contributed by atoms with Gasteiger partial charge in [-0.15, -0.1) is 0 Å². The highest BCUT2D eigenvalue weighted by Crippen LogP contribution is 2.14. The van der Waals surface area contributed by atoms with Crippen LogP contribution in [0.2, 0.25) is 0 Å². The highest BCUT2D eigenvalue weighted by atomic mass is 32.1. The van der Waals surface area contributed by atoms with Crippen molar-refractivity contribution in [1.29, 1.82) is 0 Å². The van der Waals surface area contributed by atoms with Crippen molar-refractivity contribution in [2.24, 2.45) is 0 Å². The highest BCUT2D eigenvalue weighted by Gasteiger charge is 2.14. The van der Waals surface area contributed by atoms with E-state index in [1.807, 2.05) is 0 Å². The average Bonchev–Trinajstić information content (AvgIpc) is 2.39. The molecule has 1 heterocycles. The molecule has 2 heteroatoms. The Bertz CT molecular complexity index is 350. The smallest absolute Gasteiger partial charge is 0.109 e. The van der Waals surface area contributed by atoms with Gasteiger partial charge in [-0.25, -0.2) is 0 Å². The number of piperidine rings is 1. The molecule has 0 aromatic heterocycles. The van der Waals surface area contributed by atoms with Crippen LogP contribution in [0.3, 0.4) is 0 Å². The first kappa shape index (κ1) is 11.6. The number of aryl methyl sites for hydroxylation is 1. The van der Waals surface area contributed by atoms with Gasteiger partial charge < -0.3 is 4.90 Å². The molecule has 86 valence electrons. The van der Waals surface area contributed by atoms with Gasteiger partial charge in [-0.2, -0.15) is 0 Å². The predicted octanol–water partition coefficient (Wildman–Crippen LogP) is 3.41. The van der Waals surface area contributed by atoms with E-state index in [4.69, 9.17) is 12.2 Å². The average molecular weight is 233 g/mol. The molecule has 1 nitrogen and oxygen atoms in total. The maximum absolute atomic E-state index is 5.55. The Labute approximate surface area is 103 Å². The largest absolute Gasteiger partial charge is 0.362 e. The molecule has 0 N–H and O–H groups in total. The third-order valence-electron chi connectivity index (χ3n) is 3.25. The lowest BCUT2D eigenvalue weighted by Crippen LogP contribution is -2.34. The van der Waals surface area contributed by atoms with Gasteiger partial charge in [-0.05, 0) is 31.2 Å². The van der Waals surface area contributed by atoms with E-state index in [1.54, 1.807) is 0 Å². The lowest BCUT2D eigenvalue weighted by Gasteiger charge is -2.29. The van der Waals surface area contributed by atoms with E-state index in [0.29, 0.717) is 0 Å². The second kappa shape index (κ2) is 5.44. The minimum absolute atomic E-state index is 1.03. The number of nitrogens with zero attached hydrogens (tertiary/aromatic N) is 1. The monoisotopic (exact) mass is 233 g/mol. The first-order valence-corrected chi connectivity index (χ1v) is 6.60. The molecular formula is C14H19NS. The second-order valence-corrected chi connectivity index (χ2v) is 4.79. The van der Waals surface area contributed by atoms with E-state index in [0.717, 1.165) is 24.5 Å². The molecule has 0 radical (unpaired) electrons. The Kier molecular flexibility index (Phi) is 3.94. The Morgan fingerprint density at radius 1 is 1.12 bits per heavy atom. The molecule has 2 rings (SSSR count). The summed E-state index contributed by atoms with van der Waals surface area (Å²) in [6.07, 6.45) is 5.02. The summed E-state index contributed by atoms with van der Waals surface area (Å²) in [6, 6.07) is 8.70. The van der Waals surface area contributed by atoms with Crippen molar-refractivity contribution in [3.05, 3.63) is 35.4 Å². The highest BCUT2D eigenvalue weighted by molar-refractivity contribution is 7.80. The third-order valence-corrected chi connectivity index (χ3v) is 3.75. The SMILES string of the molecule is CCc1ccc(C(=S)N2CCCCC2)cc1. The number of benzene rings is 1. The van der Waals surface area contributed by atoms with Gasteiger partial charge in [-0.1, -0.05) is 43.4 Å². The standard InChI is InChI=1S/C14H19NS/c1-2-12-6-8-13(9-7-12)14(16)15-10-4-3-5-11-15/h6-9H,2-5,10-11H2,1H3. The minimum Gasteiger partial charge on any atom is -0.362 e. The summed E-state index contributed by atoms with van der Waals surface area (Å²) >= 11 is 5.55. The Balaban J connectivity index is 2.07. The maximum atomic E-state index is 5.55. The van der Waals surface area contributed by atoms with Crippen molar-refractivity contribution < 1.29 is 0 Å². The van der Waals surface area contributed by atoms with Crippen LogP contribution in [-0.2, 0) is 6.42 Å². The first-order chi connectivity index (χ1) is 7.81. The van der Waals surface area contributed by atoms with Crippen molar-refractivity contribution in [3.8, 4) is 0 Å². The molecule has 0 bridgehead atoms. The molecule has 1 aliphatic heterocycles. The van der Waals surface area contributed by atoms with Crippen molar-refractivity contribution in [2.75, 3.05) is 13.1 Å². The second-order valence-electron chi connectivity index (χ2n) is 4.40. The molecule has 0 aliphatic carbocycles. The van der Waals surface area contributed by atoms with Crippen LogP contribution < -0.4 is 0 Å². The molecule has 1 saturated heterocycles. The molecule has 0 unspecified atom stereocenters. The van der Waals surface area contributed by atoms with Gasteiger partial charge in [0, 0.05) is 18.7 Å². The fourth-order valence-electron chi connectivity index (χ4n) is 2.16. The fourth-order valence-corrected chi connectivity index (χ4v) is 2.48. The van der Waals surface area contributed by atoms with Gasteiger partial charge in [-0.3, -0.25) is 0 Å². The molecule has 1 aromatic rings.